The van der Waals surface area contributed by atoms with E-state index in [2.05, 4.69) is 30.6 Å². The number of hydrogen-bond donors (Lipinski definition) is 1. The van der Waals surface area contributed by atoms with Crippen LogP contribution < -0.4 is 5.32 Å². The second-order valence-corrected chi connectivity index (χ2v) is 6.42. The topological polar surface area (TPSA) is 85.8 Å². The summed E-state index contributed by atoms with van der Waals surface area (Å²) in [6, 6.07) is 13.2. The molecule has 9 heteroatoms. The Balaban J connectivity index is 1.50. The van der Waals surface area contributed by atoms with Crippen LogP contribution in [0.15, 0.2) is 61.2 Å². The van der Waals surface area contributed by atoms with Gasteiger partial charge in [-0.3, -0.25) is 0 Å². The molecule has 0 unspecified atom stereocenters. The van der Waals surface area contributed by atoms with Crippen molar-refractivity contribution < 1.29 is 0 Å². The quantitative estimate of drug-likeness (QED) is 0.518. The fraction of sp³-hybridized carbons (Fsp3) is 0.0556. The molecule has 1 N–H and O–H groups in total. The monoisotopic (exact) mass is 376 g/mol. The van der Waals surface area contributed by atoms with E-state index in [1.165, 1.54) is 6.33 Å². The number of rotatable bonds is 4. The van der Waals surface area contributed by atoms with E-state index in [9.17, 15) is 0 Å². The predicted molar refractivity (Wildman–Crippen MR) is 102 cm³/mol. The van der Waals surface area contributed by atoms with Gasteiger partial charge in [0.15, 0.2) is 17.3 Å². The van der Waals surface area contributed by atoms with Crippen LogP contribution in [0.25, 0.3) is 16.7 Å². The Morgan fingerprint density at radius 1 is 1.07 bits per heavy atom. The van der Waals surface area contributed by atoms with Crippen molar-refractivity contribution in [3.8, 4) is 0 Å². The molecule has 0 saturated heterocycles. The molecule has 0 bridgehead atoms. The molecule has 0 atom stereocenters. The average molecular weight is 377 g/mol. The van der Waals surface area contributed by atoms with Crippen LogP contribution in [0, 0.1) is 0 Å². The zero-order valence-electron chi connectivity index (χ0n) is 14.0. The summed E-state index contributed by atoms with van der Waals surface area (Å²) in [7, 11) is 0. The number of hydrogen-bond acceptors (Lipinski definition) is 6. The van der Waals surface area contributed by atoms with Gasteiger partial charge in [0.05, 0.1) is 6.54 Å². The molecule has 5 rings (SSSR count). The van der Waals surface area contributed by atoms with Gasteiger partial charge >= 0.3 is 0 Å². The lowest BCUT2D eigenvalue weighted by molar-refractivity contribution is 0.723. The van der Waals surface area contributed by atoms with Gasteiger partial charge in [-0.05, 0) is 36.4 Å². The Morgan fingerprint density at radius 2 is 2.04 bits per heavy atom. The van der Waals surface area contributed by atoms with Crippen molar-refractivity contribution in [3.63, 3.8) is 0 Å². The van der Waals surface area contributed by atoms with E-state index in [4.69, 9.17) is 11.6 Å². The van der Waals surface area contributed by atoms with E-state index in [0.29, 0.717) is 28.9 Å². The second-order valence-electron chi connectivity index (χ2n) is 5.99. The summed E-state index contributed by atoms with van der Waals surface area (Å²) in [5, 5.41) is 18.0. The molecule has 0 fully saturated rings. The van der Waals surface area contributed by atoms with Crippen LogP contribution in [0.4, 0.5) is 11.5 Å². The number of nitrogens with one attached hydrogen (secondary N) is 1. The highest BCUT2D eigenvalue weighted by Gasteiger charge is 2.11. The molecule has 4 heterocycles. The number of nitrogens with zero attached hydrogens (tertiary/aromatic N) is 7. The lowest BCUT2D eigenvalue weighted by Gasteiger charge is -2.07. The number of anilines is 2. The highest BCUT2D eigenvalue weighted by atomic mass is 35.5. The van der Waals surface area contributed by atoms with Crippen molar-refractivity contribution in [2.75, 3.05) is 5.32 Å². The molecule has 0 aliphatic rings. The van der Waals surface area contributed by atoms with E-state index in [1.54, 1.807) is 10.7 Å². The van der Waals surface area contributed by atoms with Gasteiger partial charge in [-0.15, -0.1) is 15.3 Å². The average Bonchev–Trinajstić information content (AvgIpc) is 3.27. The third-order valence-electron chi connectivity index (χ3n) is 4.16. The summed E-state index contributed by atoms with van der Waals surface area (Å²) in [5.41, 5.74) is 2.37. The minimum Gasteiger partial charge on any atom is -0.339 e. The van der Waals surface area contributed by atoms with Crippen molar-refractivity contribution >= 4 is 39.8 Å². The molecular formula is C18H13ClN8. The number of benzene rings is 1. The first kappa shape index (κ1) is 15.7. The summed E-state index contributed by atoms with van der Waals surface area (Å²) in [5.74, 6) is 1.38. The van der Waals surface area contributed by atoms with Crippen LogP contribution in [0.3, 0.4) is 0 Å². The van der Waals surface area contributed by atoms with Gasteiger partial charge in [0.1, 0.15) is 12.0 Å². The molecule has 1 aromatic carbocycles. The zero-order valence-corrected chi connectivity index (χ0v) is 14.7. The minimum absolute atomic E-state index is 0.495. The Hall–Kier alpha value is -3.52. The lowest BCUT2D eigenvalue weighted by atomic mass is 10.3. The first-order valence-corrected chi connectivity index (χ1v) is 8.63. The van der Waals surface area contributed by atoms with Crippen LogP contribution in [0.5, 0.6) is 0 Å². The fourth-order valence-electron chi connectivity index (χ4n) is 2.92. The van der Waals surface area contributed by atoms with Crippen LogP contribution >= 0.6 is 11.6 Å². The third-order valence-corrected chi connectivity index (χ3v) is 4.40. The van der Waals surface area contributed by atoms with E-state index >= 15 is 0 Å². The highest BCUT2D eigenvalue weighted by Crippen LogP contribution is 2.19. The van der Waals surface area contributed by atoms with Crippen molar-refractivity contribution in [1.29, 1.82) is 0 Å². The van der Waals surface area contributed by atoms with E-state index in [0.717, 1.165) is 16.7 Å². The maximum atomic E-state index is 6.04. The summed E-state index contributed by atoms with van der Waals surface area (Å²) in [6.45, 7) is 0.495. The van der Waals surface area contributed by atoms with Gasteiger partial charge in [0, 0.05) is 28.5 Å². The fourth-order valence-corrected chi connectivity index (χ4v) is 3.12. The third kappa shape index (κ3) is 2.96. The van der Waals surface area contributed by atoms with E-state index in [1.807, 2.05) is 53.2 Å². The Kier molecular flexibility index (Phi) is 3.68. The van der Waals surface area contributed by atoms with Gasteiger partial charge in [-0.2, -0.15) is 4.52 Å². The molecule has 0 spiro atoms. The van der Waals surface area contributed by atoms with Crippen molar-refractivity contribution in [2.24, 2.45) is 0 Å². The van der Waals surface area contributed by atoms with Crippen LogP contribution in [0.1, 0.15) is 5.82 Å². The number of halogens is 1. The van der Waals surface area contributed by atoms with Gasteiger partial charge in [-0.1, -0.05) is 17.7 Å². The van der Waals surface area contributed by atoms with Gasteiger partial charge in [0.25, 0.3) is 0 Å². The minimum atomic E-state index is 0.495. The molecule has 132 valence electrons. The van der Waals surface area contributed by atoms with E-state index < -0.39 is 0 Å². The molecule has 0 saturated carbocycles. The Morgan fingerprint density at radius 3 is 2.96 bits per heavy atom. The molecule has 8 nitrogen and oxygen atoms in total. The molecule has 0 radical (unpaired) electrons. The maximum absolute atomic E-state index is 6.04. The summed E-state index contributed by atoms with van der Waals surface area (Å²) in [4.78, 5) is 8.38. The molecule has 4 aromatic heterocycles. The van der Waals surface area contributed by atoms with E-state index in [-0.39, 0.29) is 0 Å². The zero-order chi connectivity index (χ0) is 18.2. The molecular weight excluding hydrogens is 364 g/mol. The normalized spacial score (nSPS) is 11.3. The largest absolute Gasteiger partial charge is 0.339 e. The summed E-state index contributed by atoms with van der Waals surface area (Å²) < 4.78 is 3.71. The molecule has 0 aliphatic carbocycles. The Labute approximate surface area is 158 Å². The first-order chi connectivity index (χ1) is 13.3. The Bertz CT molecular complexity index is 1260. The predicted octanol–water partition coefficient (Wildman–Crippen LogP) is 3.31. The molecule has 5 aromatic rings. The van der Waals surface area contributed by atoms with Crippen LogP contribution in [-0.2, 0) is 6.54 Å². The maximum Gasteiger partial charge on any atom is 0.178 e. The lowest BCUT2D eigenvalue weighted by Crippen LogP contribution is -2.07. The van der Waals surface area contributed by atoms with Crippen molar-refractivity contribution in [3.05, 3.63) is 72.0 Å². The molecule has 0 aliphatic heterocycles. The SMILES string of the molecule is Clc1cccc(Nc2ccc3nnc(Cn4ccc5cncnc54)n3n2)c1. The van der Waals surface area contributed by atoms with Crippen LogP contribution in [-0.4, -0.2) is 34.3 Å². The first-order valence-electron chi connectivity index (χ1n) is 8.25. The van der Waals surface area contributed by atoms with Gasteiger partial charge < -0.3 is 9.88 Å². The molecule has 0 amide bonds. The van der Waals surface area contributed by atoms with Crippen LogP contribution in [0.2, 0.25) is 5.02 Å². The molecule has 27 heavy (non-hydrogen) atoms. The number of fused-ring (bicyclic) bond motifs is 2. The summed E-state index contributed by atoms with van der Waals surface area (Å²) >= 11 is 6.04. The second kappa shape index (κ2) is 6.33. The van der Waals surface area contributed by atoms with Gasteiger partial charge in [0.2, 0.25) is 0 Å². The standard InChI is InChI=1S/C18H13ClN8/c19-13-2-1-3-14(8-13)22-15-4-5-16-23-24-17(27(16)25-15)10-26-7-6-12-9-20-11-21-18(12)26/h1-9,11H,10H2,(H,22,25). The van der Waals surface area contributed by atoms with Gasteiger partial charge in [-0.25, -0.2) is 9.97 Å². The smallest absolute Gasteiger partial charge is 0.178 e. The van der Waals surface area contributed by atoms with Crippen molar-refractivity contribution in [1.82, 2.24) is 34.3 Å². The van der Waals surface area contributed by atoms with Crippen molar-refractivity contribution in [2.45, 2.75) is 6.54 Å². The highest BCUT2D eigenvalue weighted by molar-refractivity contribution is 6.30. The summed E-state index contributed by atoms with van der Waals surface area (Å²) in [6.07, 6.45) is 5.27. The number of aromatic nitrogens is 7.